The fourth-order valence-electron chi connectivity index (χ4n) is 4.46. The number of hydrogen-bond donors (Lipinski definition) is 0. The van der Waals surface area contributed by atoms with Crippen LogP contribution in [0.25, 0.3) is 0 Å². The highest BCUT2D eigenvalue weighted by Crippen LogP contribution is 2.29. The van der Waals surface area contributed by atoms with Crippen LogP contribution in [0, 0.1) is 13.8 Å². The monoisotopic (exact) mass is 459 g/mol. The van der Waals surface area contributed by atoms with Gasteiger partial charge >= 0.3 is 0 Å². The summed E-state index contributed by atoms with van der Waals surface area (Å²) in [5.74, 6) is 1.72. The average Bonchev–Trinajstić information content (AvgIpc) is 2.77. The molecule has 0 aromatic carbocycles. The molecule has 8 heteroatoms. The van der Waals surface area contributed by atoms with E-state index in [1.54, 1.807) is 13.0 Å². The van der Waals surface area contributed by atoms with Gasteiger partial charge < -0.3 is 14.4 Å². The standard InChI is InChI=1S/C24H33N3O4S/c1-17-4-10-23(25-16-17)27-14-12-21(13-15-27)30-19-5-7-20(8-6-19)31-22-9-11-24(26-18(22)2)32(3,28)29/h4,9-11,16,19-21H,5-8,12-15H2,1-3H3/t19-,20-. The molecule has 3 heterocycles. The second-order valence-corrected chi connectivity index (χ2v) is 11.0. The van der Waals surface area contributed by atoms with Crippen molar-refractivity contribution in [2.75, 3.05) is 24.2 Å². The molecule has 2 aromatic rings. The van der Waals surface area contributed by atoms with E-state index in [1.807, 2.05) is 6.20 Å². The van der Waals surface area contributed by atoms with Gasteiger partial charge in [0.25, 0.3) is 0 Å². The average molecular weight is 460 g/mol. The van der Waals surface area contributed by atoms with Crippen molar-refractivity contribution in [1.29, 1.82) is 0 Å². The molecular formula is C24H33N3O4S. The largest absolute Gasteiger partial charge is 0.489 e. The Labute approximate surface area is 191 Å². The Morgan fingerprint density at radius 1 is 0.906 bits per heavy atom. The molecule has 7 nitrogen and oxygen atoms in total. The second kappa shape index (κ2) is 9.75. The van der Waals surface area contributed by atoms with Crippen molar-refractivity contribution in [3.63, 3.8) is 0 Å². The van der Waals surface area contributed by atoms with E-state index < -0.39 is 9.84 Å². The third-order valence-corrected chi connectivity index (χ3v) is 7.34. The van der Waals surface area contributed by atoms with Crippen molar-refractivity contribution in [2.24, 2.45) is 0 Å². The molecule has 32 heavy (non-hydrogen) atoms. The first-order chi connectivity index (χ1) is 15.3. The molecule has 1 saturated carbocycles. The van der Waals surface area contributed by atoms with Crippen LogP contribution in [0.5, 0.6) is 5.75 Å². The molecule has 4 rings (SSSR count). The molecule has 1 aliphatic heterocycles. The first kappa shape index (κ1) is 23.0. The highest BCUT2D eigenvalue weighted by atomic mass is 32.2. The third kappa shape index (κ3) is 5.78. The zero-order valence-electron chi connectivity index (χ0n) is 19.2. The van der Waals surface area contributed by atoms with Crippen LogP contribution in [0.4, 0.5) is 5.82 Å². The Morgan fingerprint density at radius 3 is 2.16 bits per heavy atom. The van der Waals surface area contributed by atoms with E-state index >= 15 is 0 Å². The molecule has 1 saturated heterocycles. The van der Waals surface area contributed by atoms with Gasteiger partial charge in [-0.05, 0) is 76.1 Å². The van der Waals surface area contributed by atoms with E-state index in [4.69, 9.17) is 9.47 Å². The Kier molecular flexibility index (Phi) is 7.00. The number of hydrogen-bond acceptors (Lipinski definition) is 7. The van der Waals surface area contributed by atoms with Crippen LogP contribution in [0.2, 0.25) is 0 Å². The first-order valence-electron chi connectivity index (χ1n) is 11.5. The van der Waals surface area contributed by atoms with Gasteiger partial charge in [-0.15, -0.1) is 0 Å². The highest BCUT2D eigenvalue weighted by molar-refractivity contribution is 7.90. The van der Waals surface area contributed by atoms with Gasteiger partial charge in [-0.25, -0.2) is 18.4 Å². The minimum Gasteiger partial charge on any atom is -0.489 e. The van der Waals surface area contributed by atoms with Crippen molar-refractivity contribution in [3.05, 3.63) is 41.7 Å². The number of piperidine rings is 1. The number of aromatic nitrogens is 2. The van der Waals surface area contributed by atoms with Crippen LogP contribution in [0.15, 0.2) is 35.5 Å². The molecule has 2 aliphatic rings. The number of pyridine rings is 2. The van der Waals surface area contributed by atoms with Crippen molar-refractivity contribution in [1.82, 2.24) is 9.97 Å². The van der Waals surface area contributed by atoms with Gasteiger partial charge in [-0.1, -0.05) is 6.07 Å². The topological polar surface area (TPSA) is 81.6 Å². The van der Waals surface area contributed by atoms with E-state index in [0.717, 1.165) is 57.4 Å². The zero-order valence-corrected chi connectivity index (χ0v) is 20.0. The molecule has 2 fully saturated rings. The van der Waals surface area contributed by atoms with Gasteiger partial charge in [0.05, 0.1) is 24.0 Å². The lowest BCUT2D eigenvalue weighted by molar-refractivity contribution is -0.0528. The molecule has 2 aromatic heterocycles. The maximum Gasteiger partial charge on any atom is 0.192 e. The number of sulfone groups is 1. The Hall–Kier alpha value is -2.19. The summed E-state index contributed by atoms with van der Waals surface area (Å²) >= 11 is 0. The summed E-state index contributed by atoms with van der Waals surface area (Å²) in [7, 11) is -3.31. The van der Waals surface area contributed by atoms with Crippen LogP contribution >= 0.6 is 0 Å². The van der Waals surface area contributed by atoms with Crippen molar-refractivity contribution >= 4 is 15.7 Å². The van der Waals surface area contributed by atoms with Gasteiger partial charge in [-0.2, -0.15) is 0 Å². The van der Waals surface area contributed by atoms with E-state index in [2.05, 4.69) is 33.9 Å². The molecule has 0 N–H and O–H groups in total. The number of aryl methyl sites for hydroxylation is 2. The summed E-state index contributed by atoms with van der Waals surface area (Å²) in [6.45, 7) is 5.81. The Morgan fingerprint density at radius 2 is 1.56 bits per heavy atom. The lowest BCUT2D eigenvalue weighted by atomic mass is 9.94. The smallest absolute Gasteiger partial charge is 0.192 e. The number of anilines is 1. The van der Waals surface area contributed by atoms with Crippen LogP contribution < -0.4 is 9.64 Å². The number of nitrogens with zero attached hydrogens (tertiary/aromatic N) is 3. The number of rotatable bonds is 6. The molecule has 0 amide bonds. The second-order valence-electron chi connectivity index (χ2n) is 9.04. The summed E-state index contributed by atoms with van der Waals surface area (Å²) in [6.07, 6.45) is 9.71. The number of ether oxygens (including phenoxy) is 2. The van der Waals surface area contributed by atoms with Crippen molar-refractivity contribution < 1.29 is 17.9 Å². The summed E-state index contributed by atoms with van der Waals surface area (Å²) in [4.78, 5) is 11.1. The SMILES string of the molecule is Cc1ccc(N2CCC(O[C@H]3CC[C@H](Oc4ccc(S(C)(=O)=O)nc4C)CC3)CC2)nc1. The molecule has 174 valence electrons. The minimum absolute atomic E-state index is 0.0867. The predicted molar refractivity (Wildman–Crippen MR) is 124 cm³/mol. The van der Waals surface area contributed by atoms with Gasteiger partial charge in [0.1, 0.15) is 11.6 Å². The van der Waals surface area contributed by atoms with Crippen molar-refractivity contribution in [3.8, 4) is 5.75 Å². The summed E-state index contributed by atoms with van der Waals surface area (Å²) in [6, 6.07) is 7.45. The lowest BCUT2D eigenvalue weighted by Crippen LogP contribution is -2.40. The fraction of sp³-hybridized carbons (Fsp3) is 0.583. The lowest BCUT2D eigenvalue weighted by Gasteiger charge is -2.36. The maximum absolute atomic E-state index is 11.7. The molecule has 0 bridgehead atoms. The van der Waals surface area contributed by atoms with E-state index in [9.17, 15) is 8.42 Å². The molecule has 1 aliphatic carbocycles. The molecule has 0 unspecified atom stereocenters. The fourth-order valence-corrected chi connectivity index (χ4v) is 5.08. The quantitative estimate of drug-likeness (QED) is 0.648. The van der Waals surface area contributed by atoms with E-state index in [-0.39, 0.29) is 17.2 Å². The van der Waals surface area contributed by atoms with Gasteiger partial charge in [0, 0.05) is 25.5 Å². The van der Waals surface area contributed by atoms with Crippen LogP contribution in [0.1, 0.15) is 49.8 Å². The Bertz CT molecular complexity index is 1010. The first-order valence-corrected chi connectivity index (χ1v) is 13.3. The Balaban J connectivity index is 1.21. The maximum atomic E-state index is 11.7. The van der Waals surface area contributed by atoms with E-state index in [1.165, 1.54) is 17.9 Å². The summed E-state index contributed by atoms with van der Waals surface area (Å²) < 4.78 is 35.9. The highest BCUT2D eigenvalue weighted by Gasteiger charge is 2.28. The van der Waals surface area contributed by atoms with Crippen LogP contribution in [-0.4, -0.2) is 56.0 Å². The third-order valence-electron chi connectivity index (χ3n) is 6.35. The van der Waals surface area contributed by atoms with Crippen LogP contribution in [0.3, 0.4) is 0 Å². The molecular weight excluding hydrogens is 426 g/mol. The van der Waals surface area contributed by atoms with Gasteiger partial charge in [-0.3, -0.25) is 0 Å². The molecule has 0 atom stereocenters. The summed E-state index contributed by atoms with van der Waals surface area (Å²) in [5.41, 5.74) is 1.80. The predicted octanol–water partition coefficient (Wildman–Crippen LogP) is 3.87. The zero-order chi connectivity index (χ0) is 22.7. The molecule has 0 spiro atoms. The minimum atomic E-state index is -3.31. The van der Waals surface area contributed by atoms with Gasteiger partial charge in [0.15, 0.2) is 14.9 Å². The summed E-state index contributed by atoms with van der Waals surface area (Å²) in [5, 5.41) is 0.0867. The van der Waals surface area contributed by atoms with Crippen molar-refractivity contribution in [2.45, 2.75) is 75.7 Å². The van der Waals surface area contributed by atoms with E-state index in [0.29, 0.717) is 17.5 Å². The normalized spacial score (nSPS) is 22.7. The van der Waals surface area contributed by atoms with Crippen LogP contribution in [-0.2, 0) is 14.6 Å². The van der Waals surface area contributed by atoms with Gasteiger partial charge in [0.2, 0.25) is 0 Å². The molecule has 0 radical (unpaired) electrons.